The lowest BCUT2D eigenvalue weighted by Gasteiger charge is -2.30. The Morgan fingerprint density at radius 3 is 2.62 bits per heavy atom. The molecule has 5 nitrogen and oxygen atoms in total. The lowest BCUT2D eigenvalue weighted by molar-refractivity contribution is 0.114. The maximum absolute atomic E-state index is 12.5. The van der Waals surface area contributed by atoms with Crippen LogP contribution < -0.4 is 5.32 Å². The van der Waals surface area contributed by atoms with Gasteiger partial charge in [-0.2, -0.15) is 0 Å². The summed E-state index contributed by atoms with van der Waals surface area (Å²) in [4.78, 5) is 18.7. The van der Waals surface area contributed by atoms with Gasteiger partial charge in [-0.3, -0.25) is 4.98 Å². The molecule has 5 heteroatoms. The Hall–Kier alpha value is -1.62. The molecule has 1 heterocycles. The first kappa shape index (κ1) is 14.3. The fourth-order valence-corrected chi connectivity index (χ4v) is 2.90. The van der Waals surface area contributed by atoms with Crippen LogP contribution in [0.3, 0.4) is 0 Å². The van der Waals surface area contributed by atoms with E-state index in [1.807, 2.05) is 23.1 Å². The highest BCUT2D eigenvalue weighted by atomic mass is 16.3. The van der Waals surface area contributed by atoms with Gasteiger partial charge in [-0.1, -0.05) is 6.07 Å². The average molecular weight is 289 g/mol. The number of hydrogen-bond donors (Lipinski definition) is 2. The molecule has 0 atom stereocenters. The summed E-state index contributed by atoms with van der Waals surface area (Å²) in [5.74, 6) is 0. The van der Waals surface area contributed by atoms with Gasteiger partial charge in [0.15, 0.2) is 0 Å². The van der Waals surface area contributed by atoms with E-state index in [2.05, 4.69) is 10.3 Å². The van der Waals surface area contributed by atoms with Gasteiger partial charge in [0, 0.05) is 18.3 Å². The predicted molar refractivity (Wildman–Crippen MR) is 79.6 cm³/mol. The van der Waals surface area contributed by atoms with E-state index < -0.39 is 0 Å². The van der Waals surface area contributed by atoms with Crippen LogP contribution in [0.5, 0.6) is 0 Å². The van der Waals surface area contributed by atoms with Crippen molar-refractivity contribution in [2.45, 2.75) is 63.3 Å². The molecule has 1 aromatic heterocycles. The van der Waals surface area contributed by atoms with E-state index in [9.17, 15) is 9.90 Å². The summed E-state index contributed by atoms with van der Waals surface area (Å²) in [6.45, 7) is 0.576. The molecule has 2 N–H and O–H groups in total. The number of aliphatic hydroxyl groups excluding tert-OH is 1. The standard InChI is InChI=1S/C16H23N3O2/c20-15-8-4-12(5-9-15)18-16(21)19(14-6-7-14)11-13-3-1-2-10-17-13/h1-3,10,12,14-15,20H,4-9,11H2,(H,18,21). The van der Waals surface area contributed by atoms with E-state index in [1.165, 1.54) is 0 Å². The van der Waals surface area contributed by atoms with Gasteiger partial charge in [-0.05, 0) is 50.7 Å². The summed E-state index contributed by atoms with van der Waals surface area (Å²) in [5, 5.41) is 12.7. The smallest absolute Gasteiger partial charge is 0.318 e. The van der Waals surface area contributed by atoms with E-state index in [4.69, 9.17) is 0 Å². The van der Waals surface area contributed by atoms with Gasteiger partial charge in [0.1, 0.15) is 0 Å². The maximum Gasteiger partial charge on any atom is 0.318 e. The topological polar surface area (TPSA) is 65.5 Å². The minimum atomic E-state index is -0.189. The van der Waals surface area contributed by atoms with Crippen LogP contribution in [0.4, 0.5) is 4.79 Å². The average Bonchev–Trinajstić information content (AvgIpc) is 3.33. The van der Waals surface area contributed by atoms with Crippen molar-refractivity contribution in [2.24, 2.45) is 0 Å². The van der Waals surface area contributed by atoms with Crippen LogP contribution in [0.2, 0.25) is 0 Å². The van der Waals surface area contributed by atoms with Gasteiger partial charge >= 0.3 is 6.03 Å². The van der Waals surface area contributed by atoms with Crippen LogP contribution in [0.25, 0.3) is 0 Å². The molecule has 0 aromatic carbocycles. The van der Waals surface area contributed by atoms with Crippen LogP contribution in [0, 0.1) is 0 Å². The quantitative estimate of drug-likeness (QED) is 0.891. The van der Waals surface area contributed by atoms with E-state index in [0.717, 1.165) is 44.2 Å². The number of carbonyl (C=O) groups is 1. The van der Waals surface area contributed by atoms with E-state index in [0.29, 0.717) is 12.6 Å². The Morgan fingerprint density at radius 2 is 2.00 bits per heavy atom. The number of nitrogens with one attached hydrogen (secondary N) is 1. The van der Waals surface area contributed by atoms with Crippen molar-refractivity contribution in [1.29, 1.82) is 0 Å². The lowest BCUT2D eigenvalue weighted by Crippen LogP contribution is -2.47. The number of rotatable bonds is 4. The third-order valence-electron chi connectivity index (χ3n) is 4.33. The second-order valence-corrected chi connectivity index (χ2v) is 6.14. The molecule has 3 rings (SSSR count). The molecular formula is C16H23N3O2. The molecule has 0 saturated heterocycles. The van der Waals surface area contributed by atoms with E-state index in [-0.39, 0.29) is 18.2 Å². The van der Waals surface area contributed by atoms with Crippen LogP contribution in [0.1, 0.15) is 44.2 Å². The first-order valence-electron chi connectivity index (χ1n) is 7.87. The number of aromatic nitrogens is 1. The zero-order valence-corrected chi connectivity index (χ0v) is 12.2. The highest BCUT2D eigenvalue weighted by Crippen LogP contribution is 2.28. The second-order valence-electron chi connectivity index (χ2n) is 6.14. The molecule has 2 amide bonds. The SMILES string of the molecule is O=C(NC1CCC(O)CC1)N(Cc1ccccn1)C1CC1. The number of pyridine rings is 1. The molecule has 0 bridgehead atoms. The summed E-state index contributed by atoms with van der Waals surface area (Å²) in [6.07, 6.45) is 7.06. The normalized spacial score (nSPS) is 25.4. The van der Waals surface area contributed by atoms with Crippen molar-refractivity contribution in [1.82, 2.24) is 15.2 Å². The fraction of sp³-hybridized carbons (Fsp3) is 0.625. The lowest BCUT2D eigenvalue weighted by atomic mass is 9.93. The summed E-state index contributed by atoms with van der Waals surface area (Å²) in [7, 11) is 0. The van der Waals surface area contributed by atoms with Gasteiger partial charge in [0.2, 0.25) is 0 Å². The first-order valence-corrected chi connectivity index (χ1v) is 7.87. The molecule has 2 aliphatic carbocycles. The van der Waals surface area contributed by atoms with Crippen molar-refractivity contribution in [2.75, 3.05) is 0 Å². The van der Waals surface area contributed by atoms with E-state index >= 15 is 0 Å². The molecule has 0 aliphatic heterocycles. The van der Waals surface area contributed by atoms with Crippen LogP contribution in [0.15, 0.2) is 24.4 Å². The van der Waals surface area contributed by atoms with Crippen molar-refractivity contribution in [3.8, 4) is 0 Å². The van der Waals surface area contributed by atoms with Crippen LogP contribution in [-0.2, 0) is 6.54 Å². The Labute approximate surface area is 125 Å². The number of hydrogen-bond acceptors (Lipinski definition) is 3. The molecule has 21 heavy (non-hydrogen) atoms. The van der Waals surface area contributed by atoms with E-state index in [1.54, 1.807) is 6.20 Å². The number of carbonyl (C=O) groups excluding carboxylic acids is 1. The maximum atomic E-state index is 12.5. The second kappa shape index (κ2) is 6.43. The summed E-state index contributed by atoms with van der Waals surface area (Å²) in [6, 6.07) is 6.38. The molecule has 2 fully saturated rings. The number of aliphatic hydroxyl groups is 1. The predicted octanol–water partition coefficient (Wildman–Crippen LogP) is 2.06. The van der Waals surface area contributed by atoms with Crippen molar-refractivity contribution >= 4 is 6.03 Å². The minimum Gasteiger partial charge on any atom is -0.393 e. The molecule has 114 valence electrons. The molecular weight excluding hydrogens is 266 g/mol. The summed E-state index contributed by atoms with van der Waals surface area (Å²) in [5.41, 5.74) is 0.929. The molecule has 1 aromatic rings. The number of urea groups is 1. The minimum absolute atomic E-state index is 0.0181. The molecule has 2 saturated carbocycles. The highest BCUT2D eigenvalue weighted by Gasteiger charge is 2.34. The van der Waals surface area contributed by atoms with Crippen molar-refractivity contribution < 1.29 is 9.90 Å². The number of amides is 2. The van der Waals surface area contributed by atoms with Crippen LogP contribution >= 0.6 is 0 Å². The third kappa shape index (κ3) is 3.94. The highest BCUT2D eigenvalue weighted by molar-refractivity contribution is 5.75. The summed E-state index contributed by atoms with van der Waals surface area (Å²) < 4.78 is 0. The number of nitrogens with zero attached hydrogens (tertiary/aromatic N) is 2. The third-order valence-corrected chi connectivity index (χ3v) is 4.33. The molecule has 0 radical (unpaired) electrons. The zero-order valence-electron chi connectivity index (χ0n) is 12.2. The molecule has 2 aliphatic rings. The van der Waals surface area contributed by atoms with Crippen molar-refractivity contribution in [3.05, 3.63) is 30.1 Å². The monoisotopic (exact) mass is 289 g/mol. The van der Waals surface area contributed by atoms with Crippen LogP contribution in [-0.4, -0.2) is 39.2 Å². The first-order chi connectivity index (χ1) is 10.2. The molecule has 0 unspecified atom stereocenters. The fourth-order valence-electron chi connectivity index (χ4n) is 2.90. The van der Waals surface area contributed by atoms with Gasteiger partial charge in [0.05, 0.1) is 18.3 Å². The Morgan fingerprint density at radius 1 is 1.24 bits per heavy atom. The summed E-state index contributed by atoms with van der Waals surface area (Å²) >= 11 is 0. The van der Waals surface area contributed by atoms with Gasteiger partial charge in [0.25, 0.3) is 0 Å². The largest absolute Gasteiger partial charge is 0.393 e. The van der Waals surface area contributed by atoms with Gasteiger partial charge < -0.3 is 15.3 Å². The molecule has 0 spiro atoms. The van der Waals surface area contributed by atoms with Gasteiger partial charge in [-0.25, -0.2) is 4.79 Å². The van der Waals surface area contributed by atoms with Gasteiger partial charge in [-0.15, -0.1) is 0 Å². The Kier molecular flexibility index (Phi) is 4.39. The van der Waals surface area contributed by atoms with Crippen molar-refractivity contribution in [3.63, 3.8) is 0 Å². The Balaban J connectivity index is 1.57. The Bertz CT molecular complexity index is 468. The zero-order chi connectivity index (χ0) is 14.7.